The van der Waals surface area contributed by atoms with Crippen molar-refractivity contribution in [1.82, 2.24) is 4.68 Å². The minimum absolute atomic E-state index is 0.535. The highest BCUT2D eigenvalue weighted by Gasteiger charge is 2.17. The van der Waals surface area contributed by atoms with Gasteiger partial charge in [0.2, 0.25) is 10.6 Å². The number of thiazole rings is 1. The number of hydrogen-bond acceptors (Lipinski definition) is 7. The second-order valence-corrected chi connectivity index (χ2v) is 8.64. The lowest BCUT2D eigenvalue weighted by atomic mass is 10.1. The van der Waals surface area contributed by atoms with Crippen LogP contribution in [-0.4, -0.2) is 45.0 Å². The summed E-state index contributed by atoms with van der Waals surface area (Å²) in [4.78, 5) is 6.67. The number of aromatic nitrogens is 1. The van der Waals surface area contributed by atoms with Gasteiger partial charge in [-0.1, -0.05) is 24.3 Å². The molecule has 0 bridgehead atoms. The lowest BCUT2D eigenvalue weighted by Gasteiger charge is -2.14. The van der Waals surface area contributed by atoms with E-state index in [1.54, 1.807) is 33.1 Å². The summed E-state index contributed by atoms with van der Waals surface area (Å²) in [6.07, 6.45) is 3.89. The minimum atomic E-state index is 0.535. The van der Waals surface area contributed by atoms with Crippen molar-refractivity contribution >= 4 is 29.3 Å². The fourth-order valence-corrected chi connectivity index (χ4v) is 4.21. The minimum Gasteiger partial charge on any atom is -0.493 e. The zero-order valence-electron chi connectivity index (χ0n) is 18.9. The molecule has 32 heavy (non-hydrogen) atoms. The normalized spacial score (nSPS) is 11.7. The van der Waals surface area contributed by atoms with Gasteiger partial charge in [-0.15, -0.1) is 23.1 Å². The van der Waals surface area contributed by atoms with Gasteiger partial charge in [0.1, 0.15) is 0 Å². The summed E-state index contributed by atoms with van der Waals surface area (Å²) in [5.41, 5.74) is 3.73. The number of methoxy groups -OCH3 is 3. The van der Waals surface area contributed by atoms with Crippen LogP contribution in [-0.2, 0) is 0 Å². The van der Waals surface area contributed by atoms with Crippen LogP contribution in [0.3, 0.4) is 0 Å². The molecule has 2 aromatic carbocycles. The molecule has 1 aromatic heterocycles. The molecule has 0 amide bonds. The van der Waals surface area contributed by atoms with E-state index >= 15 is 0 Å². The smallest absolute Gasteiger partial charge is 0.206 e. The van der Waals surface area contributed by atoms with E-state index in [4.69, 9.17) is 19.3 Å². The monoisotopic (exact) mass is 469 g/mol. The van der Waals surface area contributed by atoms with Crippen LogP contribution in [0.4, 0.5) is 0 Å². The standard InChI is InChI=1S/C24H27N3O3S2/c1-16(2)13-25-24-27(26-14-17-7-9-19(31-6)10-8-17)20(15-32-24)18-11-21(28-3)23(30-5)22(12-18)29-4/h7-12,14-15H,1,13H2,2-6H3. The van der Waals surface area contributed by atoms with Gasteiger partial charge < -0.3 is 14.2 Å². The second kappa shape index (κ2) is 11.1. The van der Waals surface area contributed by atoms with Crippen molar-refractivity contribution in [2.75, 3.05) is 34.1 Å². The van der Waals surface area contributed by atoms with Crippen molar-refractivity contribution in [1.29, 1.82) is 0 Å². The van der Waals surface area contributed by atoms with Crippen LogP contribution in [0.5, 0.6) is 17.2 Å². The highest BCUT2D eigenvalue weighted by atomic mass is 32.2. The Morgan fingerprint density at radius 3 is 2.28 bits per heavy atom. The molecule has 8 heteroatoms. The van der Waals surface area contributed by atoms with Gasteiger partial charge in [0.25, 0.3) is 0 Å². The van der Waals surface area contributed by atoms with E-state index in [0.29, 0.717) is 23.8 Å². The molecule has 0 aliphatic rings. The number of benzene rings is 2. The Hall–Kier alpha value is -2.97. The summed E-state index contributed by atoms with van der Waals surface area (Å²) >= 11 is 3.23. The Morgan fingerprint density at radius 1 is 1.09 bits per heavy atom. The van der Waals surface area contributed by atoms with Crippen molar-refractivity contribution in [3.05, 3.63) is 64.3 Å². The van der Waals surface area contributed by atoms with Crippen LogP contribution in [0, 0.1) is 0 Å². The summed E-state index contributed by atoms with van der Waals surface area (Å²) in [5, 5.41) is 6.78. The first-order chi connectivity index (χ1) is 15.5. The average molecular weight is 470 g/mol. The molecule has 0 saturated heterocycles. The molecule has 0 saturated carbocycles. The second-order valence-electron chi connectivity index (χ2n) is 6.92. The van der Waals surface area contributed by atoms with Gasteiger partial charge in [-0.25, -0.2) is 4.68 Å². The molecule has 0 fully saturated rings. The first-order valence-electron chi connectivity index (χ1n) is 9.85. The van der Waals surface area contributed by atoms with Crippen molar-refractivity contribution in [2.45, 2.75) is 11.8 Å². The fraction of sp³-hybridized carbons (Fsp3) is 0.250. The maximum atomic E-state index is 5.53. The van der Waals surface area contributed by atoms with E-state index in [0.717, 1.165) is 27.2 Å². The predicted molar refractivity (Wildman–Crippen MR) is 134 cm³/mol. The van der Waals surface area contributed by atoms with Gasteiger partial charge in [0.05, 0.1) is 39.8 Å². The summed E-state index contributed by atoms with van der Waals surface area (Å²) in [7, 11) is 4.80. The summed E-state index contributed by atoms with van der Waals surface area (Å²) in [6.45, 7) is 6.44. The van der Waals surface area contributed by atoms with Gasteiger partial charge in [-0.3, -0.25) is 4.99 Å². The van der Waals surface area contributed by atoms with Crippen molar-refractivity contribution in [3.63, 3.8) is 0 Å². The van der Waals surface area contributed by atoms with E-state index in [-0.39, 0.29) is 0 Å². The Kier molecular flexibility index (Phi) is 8.19. The molecular formula is C24H27N3O3S2. The molecule has 0 atom stereocenters. The first-order valence-corrected chi connectivity index (χ1v) is 11.9. The summed E-state index contributed by atoms with van der Waals surface area (Å²) in [5.74, 6) is 1.71. The van der Waals surface area contributed by atoms with Crippen LogP contribution < -0.4 is 19.0 Å². The number of rotatable bonds is 9. The van der Waals surface area contributed by atoms with Crippen LogP contribution in [0.2, 0.25) is 0 Å². The van der Waals surface area contributed by atoms with E-state index in [1.807, 2.05) is 47.5 Å². The van der Waals surface area contributed by atoms with E-state index in [1.165, 1.54) is 16.2 Å². The Balaban J connectivity index is 2.13. The topological polar surface area (TPSA) is 57.3 Å². The predicted octanol–water partition coefficient (Wildman–Crippen LogP) is 5.32. The van der Waals surface area contributed by atoms with E-state index in [2.05, 4.69) is 30.0 Å². The quantitative estimate of drug-likeness (QED) is 0.242. The zero-order chi connectivity index (χ0) is 23.1. The lowest BCUT2D eigenvalue weighted by molar-refractivity contribution is 0.324. The van der Waals surface area contributed by atoms with Gasteiger partial charge in [-0.05, 0) is 43.0 Å². The van der Waals surface area contributed by atoms with Crippen LogP contribution in [0.25, 0.3) is 11.3 Å². The molecule has 0 unspecified atom stereocenters. The van der Waals surface area contributed by atoms with Crippen molar-refractivity contribution < 1.29 is 14.2 Å². The molecule has 3 rings (SSSR count). The summed E-state index contributed by atoms with van der Waals surface area (Å²) in [6, 6.07) is 12.1. The van der Waals surface area contributed by atoms with Crippen LogP contribution in [0.15, 0.2) is 68.9 Å². The van der Waals surface area contributed by atoms with Gasteiger partial charge in [-0.2, -0.15) is 5.10 Å². The third-order valence-electron chi connectivity index (χ3n) is 4.57. The molecule has 0 radical (unpaired) electrons. The molecule has 168 valence electrons. The highest BCUT2D eigenvalue weighted by molar-refractivity contribution is 7.98. The van der Waals surface area contributed by atoms with E-state index < -0.39 is 0 Å². The zero-order valence-corrected chi connectivity index (χ0v) is 20.5. The Bertz CT molecular complexity index is 1150. The largest absolute Gasteiger partial charge is 0.493 e. The first kappa shape index (κ1) is 23.7. The Morgan fingerprint density at radius 2 is 1.75 bits per heavy atom. The Labute approximate surface area is 196 Å². The van der Waals surface area contributed by atoms with Crippen molar-refractivity contribution in [3.8, 4) is 28.5 Å². The van der Waals surface area contributed by atoms with Gasteiger partial charge >= 0.3 is 0 Å². The third-order valence-corrected chi connectivity index (χ3v) is 6.17. The molecule has 0 aliphatic heterocycles. The third kappa shape index (κ3) is 5.44. The van der Waals surface area contributed by atoms with Gasteiger partial charge in [0, 0.05) is 15.8 Å². The molecule has 0 aliphatic carbocycles. The van der Waals surface area contributed by atoms with Crippen LogP contribution in [0.1, 0.15) is 12.5 Å². The highest BCUT2D eigenvalue weighted by Crippen LogP contribution is 2.41. The van der Waals surface area contributed by atoms with Crippen LogP contribution >= 0.6 is 23.1 Å². The molecule has 6 nitrogen and oxygen atoms in total. The lowest BCUT2D eigenvalue weighted by Crippen LogP contribution is -2.13. The molecule has 0 spiro atoms. The fourth-order valence-electron chi connectivity index (χ4n) is 2.96. The molecule has 0 N–H and O–H groups in total. The van der Waals surface area contributed by atoms with Crippen molar-refractivity contribution in [2.24, 2.45) is 10.1 Å². The maximum absolute atomic E-state index is 5.53. The number of thioether (sulfide) groups is 1. The maximum Gasteiger partial charge on any atom is 0.206 e. The SMILES string of the molecule is C=C(C)CN=c1scc(-c2cc(OC)c(OC)c(OC)c2)n1N=Cc1ccc(SC)cc1. The number of nitrogens with zero attached hydrogens (tertiary/aromatic N) is 3. The van der Waals surface area contributed by atoms with E-state index in [9.17, 15) is 0 Å². The summed E-state index contributed by atoms with van der Waals surface area (Å²) < 4.78 is 18.4. The molecular weight excluding hydrogens is 442 g/mol. The number of hydrogen-bond donors (Lipinski definition) is 0. The average Bonchev–Trinajstić information content (AvgIpc) is 3.23. The number of ether oxygens (including phenoxy) is 3. The van der Waals surface area contributed by atoms with Gasteiger partial charge in [0.15, 0.2) is 11.5 Å². The molecule has 3 aromatic rings. The molecule has 1 heterocycles.